The Morgan fingerprint density at radius 2 is 2.19 bits per heavy atom. The number of carbonyl (C=O) groups is 1. The molecule has 6 nitrogen and oxygen atoms in total. The van der Waals surface area contributed by atoms with E-state index in [1.807, 2.05) is 27.8 Å². The largest absolute Gasteiger partial charge is 0.350 e. The van der Waals surface area contributed by atoms with Crippen LogP contribution in [0.2, 0.25) is 0 Å². The normalized spacial score (nSPS) is 11.5. The summed E-state index contributed by atoms with van der Waals surface area (Å²) < 4.78 is 1.63. The number of nitrogens with zero attached hydrogens (tertiary/aromatic N) is 3. The molecule has 1 rings (SSSR count). The lowest BCUT2D eigenvalue weighted by molar-refractivity contribution is -0.121. The second-order valence-corrected chi connectivity index (χ2v) is 4.74. The molecular formula is C10H19N5O. The van der Waals surface area contributed by atoms with Gasteiger partial charge in [-0.25, -0.2) is 4.98 Å². The summed E-state index contributed by atoms with van der Waals surface area (Å²) in [7, 11) is 1.81. The molecule has 16 heavy (non-hydrogen) atoms. The molecule has 1 amide bonds. The SMILES string of the molecule is Cn1cnc(CNCC(=O)NC(C)(C)C)n1. The number of hydrogen-bond donors (Lipinski definition) is 2. The predicted molar refractivity (Wildman–Crippen MR) is 60.6 cm³/mol. The number of aryl methyl sites for hydroxylation is 1. The van der Waals surface area contributed by atoms with Crippen molar-refractivity contribution in [1.29, 1.82) is 0 Å². The lowest BCUT2D eigenvalue weighted by Crippen LogP contribution is -2.44. The van der Waals surface area contributed by atoms with Crippen LogP contribution in [0.1, 0.15) is 26.6 Å². The Kier molecular flexibility index (Phi) is 4.00. The van der Waals surface area contributed by atoms with E-state index in [0.29, 0.717) is 12.4 Å². The monoisotopic (exact) mass is 225 g/mol. The first-order valence-corrected chi connectivity index (χ1v) is 5.23. The fourth-order valence-electron chi connectivity index (χ4n) is 1.22. The molecule has 0 aliphatic rings. The molecule has 1 aromatic rings. The van der Waals surface area contributed by atoms with Crippen molar-refractivity contribution >= 4 is 5.91 Å². The number of aromatic nitrogens is 3. The minimum absolute atomic E-state index is 0.0246. The smallest absolute Gasteiger partial charge is 0.234 e. The van der Waals surface area contributed by atoms with Crippen LogP contribution in [-0.2, 0) is 18.4 Å². The van der Waals surface area contributed by atoms with E-state index in [9.17, 15) is 4.79 Å². The fourth-order valence-corrected chi connectivity index (χ4v) is 1.22. The van der Waals surface area contributed by atoms with E-state index in [0.717, 1.165) is 0 Å². The number of amides is 1. The molecule has 0 aliphatic carbocycles. The molecule has 6 heteroatoms. The van der Waals surface area contributed by atoms with Crippen molar-refractivity contribution in [2.75, 3.05) is 6.54 Å². The second-order valence-electron chi connectivity index (χ2n) is 4.74. The van der Waals surface area contributed by atoms with Crippen LogP contribution in [0.4, 0.5) is 0 Å². The Morgan fingerprint density at radius 1 is 1.50 bits per heavy atom. The Hall–Kier alpha value is -1.43. The third kappa shape index (κ3) is 4.88. The van der Waals surface area contributed by atoms with E-state index in [4.69, 9.17) is 0 Å². The van der Waals surface area contributed by atoms with Gasteiger partial charge in [-0.3, -0.25) is 9.48 Å². The Morgan fingerprint density at radius 3 is 2.69 bits per heavy atom. The summed E-state index contributed by atoms with van der Waals surface area (Å²) in [4.78, 5) is 15.5. The van der Waals surface area contributed by atoms with E-state index in [1.54, 1.807) is 11.0 Å². The highest BCUT2D eigenvalue weighted by Gasteiger charge is 2.12. The van der Waals surface area contributed by atoms with Crippen LogP contribution in [0, 0.1) is 0 Å². The van der Waals surface area contributed by atoms with Gasteiger partial charge in [-0.1, -0.05) is 0 Å². The first-order chi connectivity index (χ1) is 7.37. The van der Waals surface area contributed by atoms with Crippen LogP contribution in [0.25, 0.3) is 0 Å². The summed E-state index contributed by atoms with van der Waals surface area (Å²) in [6.07, 6.45) is 1.63. The first kappa shape index (κ1) is 12.6. The highest BCUT2D eigenvalue weighted by atomic mass is 16.2. The number of carbonyl (C=O) groups excluding carboxylic acids is 1. The van der Waals surface area contributed by atoms with Gasteiger partial charge >= 0.3 is 0 Å². The van der Waals surface area contributed by atoms with Gasteiger partial charge in [0.2, 0.25) is 5.91 Å². The zero-order valence-electron chi connectivity index (χ0n) is 10.2. The third-order valence-corrected chi connectivity index (χ3v) is 1.73. The highest BCUT2D eigenvalue weighted by Crippen LogP contribution is 1.97. The molecule has 1 heterocycles. The van der Waals surface area contributed by atoms with Gasteiger partial charge in [0.25, 0.3) is 0 Å². The summed E-state index contributed by atoms with van der Waals surface area (Å²) in [5.41, 5.74) is -0.192. The molecular weight excluding hydrogens is 206 g/mol. The molecule has 2 N–H and O–H groups in total. The van der Waals surface area contributed by atoms with Gasteiger partial charge < -0.3 is 10.6 Å². The van der Waals surface area contributed by atoms with Crippen molar-refractivity contribution in [2.45, 2.75) is 32.9 Å². The van der Waals surface area contributed by atoms with Gasteiger partial charge in [0.05, 0.1) is 13.1 Å². The van der Waals surface area contributed by atoms with Crippen molar-refractivity contribution in [3.63, 3.8) is 0 Å². The molecule has 90 valence electrons. The van der Waals surface area contributed by atoms with Gasteiger partial charge in [0.15, 0.2) is 5.82 Å². The summed E-state index contributed by atoms with van der Waals surface area (Å²) in [5, 5.41) is 9.94. The van der Waals surface area contributed by atoms with E-state index >= 15 is 0 Å². The average molecular weight is 225 g/mol. The number of nitrogens with one attached hydrogen (secondary N) is 2. The van der Waals surface area contributed by atoms with Crippen LogP contribution in [0.15, 0.2) is 6.33 Å². The third-order valence-electron chi connectivity index (χ3n) is 1.73. The molecule has 0 unspecified atom stereocenters. The zero-order chi connectivity index (χ0) is 12.2. The molecule has 0 radical (unpaired) electrons. The van der Waals surface area contributed by atoms with Crippen LogP contribution >= 0.6 is 0 Å². The van der Waals surface area contributed by atoms with Gasteiger partial charge in [-0.15, -0.1) is 0 Å². The minimum atomic E-state index is -0.192. The van der Waals surface area contributed by atoms with Crippen molar-refractivity contribution in [3.05, 3.63) is 12.2 Å². The Labute approximate surface area is 95.4 Å². The maximum absolute atomic E-state index is 11.4. The molecule has 1 aromatic heterocycles. The fraction of sp³-hybridized carbons (Fsp3) is 0.700. The Bertz CT molecular complexity index is 352. The van der Waals surface area contributed by atoms with Crippen molar-refractivity contribution in [1.82, 2.24) is 25.4 Å². The molecule has 0 aromatic carbocycles. The topological polar surface area (TPSA) is 71.8 Å². The number of rotatable bonds is 4. The van der Waals surface area contributed by atoms with E-state index < -0.39 is 0 Å². The summed E-state index contributed by atoms with van der Waals surface area (Å²) in [6.45, 7) is 6.62. The molecule has 0 saturated heterocycles. The summed E-state index contributed by atoms with van der Waals surface area (Å²) >= 11 is 0. The molecule has 0 aliphatic heterocycles. The zero-order valence-corrected chi connectivity index (χ0v) is 10.2. The Balaban J connectivity index is 2.23. The van der Waals surface area contributed by atoms with E-state index in [-0.39, 0.29) is 18.0 Å². The average Bonchev–Trinajstić information content (AvgIpc) is 2.48. The van der Waals surface area contributed by atoms with Crippen molar-refractivity contribution < 1.29 is 4.79 Å². The molecule has 0 saturated carbocycles. The summed E-state index contributed by atoms with van der Waals surface area (Å²) in [6, 6.07) is 0. The highest BCUT2D eigenvalue weighted by molar-refractivity contribution is 5.78. The molecule has 0 atom stereocenters. The minimum Gasteiger partial charge on any atom is -0.350 e. The van der Waals surface area contributed by atoms with Crippen molar-refractivity contribution in [2.24, 2.45) is 7.05 Å². The van der Waals surface area contributed by atoms with Crippen molar-refractivity contribution in [3.8, 4) is 0 Å². The van der Waals surface area contributed by atoms with Crippen LogP contribution in [0.5, 0.6) is 0 Å². The van der Waals surface area contributed by atoms with Crippen LogP contribution in [0.3, 0.4) is 0 Å². The van der Waals surface area contributed by atoms with E-state index in [1.165, 1.54) is 0 Å². The summed E-state index contributed by atoms with van der Waals surface area (Å²) in [5.74, 6) is 0.662. The van der Waals surface area contributed by atoms with Gasteiger partial charge in [-0.05, 0) is 20.8 Å². The standard InChI is InChI=1S/C10H19N5O/c1-10(2,3)13-9(16)6-11-5-8-12-7-15(4)14-8/h7,11H,5-6H2,1-4H3,(H,13,16). The molecule has 0 spiro atoms. The second kappa shape index (κ2) is 5.07. The van der Waals surface area contributed by atoms with Gasteiger partial charge in [-0.2, -0.15) is 5.10 Å². The number of hydrogen-bond acceptors (Lipinski definition) is 4. The molecule has 0 fully saturated rings. The predicted octanol–water partition coefficient (Wildman–Crippen LogP) is -0.181. The maximum Gasteiger partial charge on any atom is 0.234 e. The van der Waals surface area contributed by atoms with Crippen LogP contribution < -0.4 is 10.6 Å². The van der Waals surface area contributed by atoms with Gasteiger partial charge in [0.1, 0.15) is 6.33 Å². The lowest BCUT2D eigenvalue weighted by Gasteiger charge is -2.20. The first-order valence-electron chi connectivity index (χ1n) is 5.23. The molecule has 0 bridgehead atoms. The quantitative estimate of drug-likeness (QED) is 0.745. The van der Waals surface area contributed by atoms with Gasteiger partial charge in [0, 0.05) is 12.6 Å². The maximum atomic E-state index is 11.4. The van der Waals surface area contributed by atoms with E-state index in [2.05, 4.69) is 20.7 Å². The van der Waals surface area contributed by atoms with Crippen LogP contribution in [-0.4, -0.2) is 32.8 Å². The lowest BCUT2D eigenvalue weighted by atomic mass is 10.1.